The van der Waals surface area contributed by atoms with Gasteiger partial charge in [-0.25, -0.2) is 4.98 Å². The second kappa shape index (κ2) is 4.03. The minimum atomic E-state index is 0.255. The second-order valence-electron chi connectivity index (χ2n) is 3.76. The zero-order chi connectivity index (χ0) is 11.8. The molecule has 0 saturated carbocycles. The smallest absolute Gasteiger partial charge is 0.137 e. The van der Waals surface area contributed by atoms with Gasteiger partial charge in [0, 0.05) is 21.5 Å². The average Bonchev–Trinajstić information content (AvgIpc) is 2.72. The van der Waals surface area contributed by atoms with Crippen molar-refractivity contribution in [2.45, 2.75) is 0 Å². The van der Waals surface area contributed by atoms with Gasteiger partial charge in [-0.15, -0.1) is 0 Å². The maximum Gasteiger partial charge on any atom is 0.137 e. The van der Waals surface area contributed by atoms with Crippen LogP contribution in [-0.2, 0) is 0 Å². The fourth-order valence-corrected chi connectivity index (χ4v) is 2.26. The molecule has 2 heterocycles. The Labute approximate surface area is 112 Å². The van der Waals surface area contributed by atoms with Crippen LogP contribution in [0.15, 0.2) is 48.8 Å². The van der Waals surface area contributed by atoms with Crippen LogP contribution >= 0.6 is 22.6 Å². The topological polar surface area (TPSA) is 37.5 Å². The number of pyridine rings is 1. The molecular formula is C13H9IN2O. The Kier molecular flexibility index (Phi) is 2.51. The number of imidazole rings is 1. The molecule has 0 saturated heterocycles. The number of benzene rings is 1. The molecule has 84 valence electrons. The summed E-state index contributed by atoms with van der Waals surface area (Å²) in [5.74, 6) is 0.255. The number of hydrogen-bond acceptors (Lipinski definition) is 2. The van der Waals surface area contributed by atoms with Gasteiger partial charge < -0.3 is 9.51 Å². The third-order valence-electron chi connectivity index (χ3n) is 2.59. The van der Waals surface area contributed by atoms with Gasteiger partial charge in [0.25, 0.3) is 0 Å². The Morgan fingerprint density at radius 2 is 1.88 bits per heavy atom. The fourth-order valence-electron chi connectivity index (χ4n) is 1.78. The van der Waals surface area contributed by atoms with Crippen LogP contribution in [0.25, 0.3) is 16.9 Å². The van der Waals surface area contributed by atoms with Crippen molar-refractivity contribution in [3.8, 4) is 17.0 Å². The minimum Gasteiger partial charge on any atom is -0.507 e. The molecule has 0 unspecified atom stereocenters. The van der Waals surface area contributed by atoms with Gasteiger partial charge in [0.15, 0.2) is 0 Å². The molecule has 2 aromatic heterocycles. The van der Waals surface area contributed by atoms with Gasteiger partial charge in [0.05, 0.1) is 5.69 Å². The number of para-hydroxylation sites is 1. The van der Waals surface area contributed by atoms with Gasteiger partial charge in [-0.2, -0.15) is 0 Å². The molecule has 0 aliphatic heterocycles. The number of hydrogen-bond donors (Lipinski definition) is 1. The molecule has 0 aliphatic carbocycles. The van der Waals surface area contributed by atoms with Crippen molar-refractivity contribution in [2.75, 3.05) is 0 Å². The molecule has 0 fully saturated rings. The summed E-state index contributed by atoms with van der Waals surface area (Å²) in [6, 6.07) is 11.2. The molecule has 3 rings (SSSR count). The third-order valence-corrected chi connectivity index (χ3v) is 3.23. The summed E-state index contributed by atoms with van der Waals surface area (Å²) in [6.45, 7) is 0. The van der Waals surface area contributed by atoms with Crippen molar-refractivity contribution < 1.29 is 5.11 Å². The highest BCUT2D eigenvalue weighted by molar-refractivity contribution is 14.1. The van der Waals surface area contributed by atoms with Crippen LogP contribution in [0, 0.1) is 3.57 Å². The van der Waals surface area contributed by atoms with E-state index >= 15 is 0 Å². The number of nitrogens with zero attached hydrogens (tertiary/aromatic N) is 2. The number of rotatable bonds is 1. The summed E-state index contributed by atoms with van der Waals surface area (Å²) < 4.78 is 3.11. The summed E-state index contributed by atoms with van der Waals surface area (Å²) in [4.78, 5) is 4.48. The molecule has 3 aromatic rings. The maximum absolute atomic E-state index is 9.79. The zero-order valence-electron chi connectivity index (χ0n) is 8.84. The lowest BCUT2D eigenvalue weighted by atomic mass is 10.1. The highest BCUT2D eigenvalue weighted by atomic mass is 127. The van der Waals surface area contributed by atoms with Crippen molar-refractivity contribution in [3.05, 3.63) is 52.4 Å². The normalized spacial score (nSPS) is 10.9. The monoisotopic (exact) mass is 336 g/mol. The van der Waals surface area contributed by atoms with Crippen LogP contribution in [0.2, 0.25) is 0 Å². The summed E-state index contributed by atoms with van der Waals surface area (Å²) in [5, 5.41) is 9.79. The van der Waals surface area contributed by atoms with Crippen molar-refractivity contribution in [3.63, 3.8) is 0 Å². The maximum atomic E-state index is 9.79. The van der Waals surface area contributed by atoms with Crippen molar-refractivity contribution in [1.82, 2.24) is 9.38 Å². The van der Waals surface area contributed by atoms with E-state index in [1.54, 1.807) is 12.1 Å². The Morgan fingerprint density at radius 1 is 1.06 bits per heavy atom. The molecule has 17 heavy (non-hydrogen) atoms. The molecule has 0 atom stereocenters. The Morgan fingerprint density at radius 3 is 2.71 bits per heavy atom. The first-order valence-electron chi connectivity index (χ1n) is 5.17. The number of aromatic nitrogens is 2. The van der Waals surface area contributed by atoms with Crippen molar-refractivity contribution in [1.29, 1.82) is 0 Å². The first-order chi connectivity index (χ1) is 8.24. The van der Waals surface area contributed by atoms with Crippen LogP contribution in [0.1, 0.15) is 0 Å². The largest absolute Gasteiger partial charge is 0.507 e. The van der Waals surface area contributed by atoms with E-state index in [0.29, 0.717) is 0 Å². The number of halogens is 1. The predicted octanol–water partition coefficient (Wildman–Crippen LogP) is 3.31. The Hall–Kier alpha value is -1.56. The van der Waals surface area contributed by atoms with Gasteiger partial charge in [-0.1, -0.05) is 12.1 Å². The van der Waals surface area contributed by atoms with E-state index in [1.165, 1.54) is 0 Å². The van der Waals surface area contributed by atoms with E-state index in [9.17, 15) is 5.11 Å². The third kappa shape index (κ3) is 1.88. The molecule has 0 aliphatic rings. The first kappa shape index (κ1) is 10.6. The standard InChI is InChI=1S/C13H9IN2O/c14-9-5-6-13-15-11(8-16(13)7-9)10-3-1-2-4-12(10)17/h1-8,17H. The quantitative estimate of drug-likeness (QED) is 0.693. The average molecular weight is 336 g/mol. The van der Waals surface area contributed by atoms with Crippen LogP contribution in [-0.4, -0.2) is 14.5 Å². The molecular weight excluding hydrogens is 327 g/mol. The van der Waals surface area contributed by atoms with Crippen molar-refractivity contribution in [2.24, 2.45) is 0 Å². The van der Waals surface area contributed by atoms with Gasteiger partial charge >= 0.3 is 0 Å². The lowest BCUT2D eigenvalue weighted by Gasteiger charge is -1.98. The lowest BCUT2D eigenvalue weighted by molar-refractivity contribution is 0.477. The van der Waals surface area contributed by atoms with Gasteiger partial charge in [-0.3, -0.25) is 0 Å². The van der Waals surface area contributed by atoms with E-state index in [-0.39, 0.29) is 5.75 Å². The first-order valence-corrected chi connectivity index (χ1v) is 6.24. The molecule has 0 bridgehead atoms. The van der Waals surface area contributed by atoms with Gasteiger partial charge in [0.1, 0.15) is 11.4 Å². The summed E-state index contributed by atoms with van der Waals surface area (Å²) in [6.07, 6.45) is 3.93. The van der Waals surface area contributed by atoms with E-state index in [2.05, 4.69) is 27.6 Å². The number of phenols is 1. The van der Waals surface area contributed by atoms with E-state index < -0.39 is 0 Å². The summed E-state index contributed by atoms with van der Waals surface area (Å²) in [7, 11) is 0. The molecule has 4 heteroatoms. The molecule has 0 amide bonds. The lowest BCUT2D eigenvalue weighted by Crippen LogP contribution is -1.82. The number of phenolic OH excluding ortho intramolecular Hbond substituents is 1. The fraction of sp³-hybridized carbons (Fsp3) is 0. The Bertz CT molecular complexity index is 691. The zero-order valence-corrected chi connectivity index (χ0v) is 11.0. The molecule has 3 nitrogen and oxygen atoms in total. The summed E-state index contributed by atoms with van der Waals surface area (Å²) >= 11 is 2.26. The van der Waals surface area contributed by atoms with Gasteiger partial charge in [-0.05, 0) is 46.9 Å². The number of aromatic hydroxyl groups is 1. The molecule has 0 radical (unpaired) electrons. The van der Waals surface area contributed by atoms with Crippen molar-refractivity contribution >= 4 is 28.2 Å². The number of fused-ring (bicyclic) bond motifs is 1. The predicted molar refractivity (Wildman–Crippen MR) is 75.0 cm³/mol. The van der Waals surface area contributed by atoms with Crippen LogP contribution in [0.4, 0.5) is 0 Å². The van der Waals surface area contributed by atoms with E-state index in [4.69, 9.17) is 0 Å². The van der Waals surface area contributed by atoms with Crippen LogP contribution in [0.5, 0.6) is 5.75 Å². The minimum absolute atomic E-state index is 0.255. The Balaban J connectivity index is 2.22. The van der Waals surface area contributed by atoms with E-state index in [1.807, 2.05) is 41.1 Å². The van der Waals surface area contributed by atoms with Gasteiger partial charge in [0.2, 0.25) is 0 Å². The van der Waals surface area contributed by atoms with E-state index in [0.717, 1.165) is 20.5 Å². The summed E-state index contributed by atoms with van der Waals surface area (Å²) in [5.41, 5.74) is 2.42. The SMILES string of the molecule is Oc1ccccc1-c1cn2cc(I)ccc2n1. The molecule has 1 aromatic carbocycles. The second-order valence-corrected chi connectivity index (χ2v) is 5.00. The van der Waals surface area contributed by atoms with Crippen LogP contribution < -0.4 is 0 Å². The molecule has 0 spiro atoms. The van der Waals surface area contributed by atoms with Crippen LogP contribution in [0.3, 0.4) is 0 Å². The highest BCUT2D eigenvalue weighted by Crippen LogP contribution is 2.28. The molecule has 1 N–H and O–H groups in total. The highest BCUT2D eigenvalue weighted by Gasteiger charge is 2.07.